The largest absolute Gasteiger partial charge is 0.298 e. The quantitative estimate of drug-likeness (QED) is 0.529. The highest BCUT2D eigenvalue weighted by Gasteiger charge is 2.30. The van der Waals surface area contributed by atoms with Crippen molar-refractivity contribution in [2.75, 3.05) is 7.05 Å². The van der Waals surface area contributed by atoms with Crippen molar-refractivity contribution in [3.63, 3.8) is 0 Å². The molecule has 0 radical (unpaired) electrons. The normalized spacial score (nSPS) is 31.8. The van der Waals surface area contributed by atoms with Gasteiger partial charge in [-0.05, 0) is 0 Å². The minimum Gasteiger partial charge on any atom is -0.298 e. The molecule has 1 heterocycles. The summed E-state index contributed by atoms with van der Waals surface area (Å²) in [5, 5.41) is 6.01. The number of hydrogen-bond donors (Lipinski definition) is 0. The van der Waals surface area contributed by atoms with Gasteiger partial charge in [-0.3, -0.25) is 9.80 Å². The molecule has 1 aliphatic heterocycles. The minimum absolute atomic E-state index is 0.164. The molecule has 0 spiro atoms. The zero-order chi connectivity index (χ0) is 8.55. The summed E-state index contributed by atoms with van der Waals surface area (Å²) < 4.78 is 0. The van der Waals surface area contributed by atoms with E-state index in [1.54, 1.807) is 0 Å². The van der Waals surface area contributed by atoms with Crippen molar-refractivity contribution in [3.05, 3.63) is 23.8 Å². The maximum absolute atomic E-state index is 10.6. The Hall–Kier alpha value is -1.38. The monoisotopic (exact) mass is 162 g/mol. The van der Waals surface area contributed by atoms with E-state index < -0.39 is 0 Å². The summed E-state index contributed by atoms with van der Waals surface area (Å²) in [5.74, 6) is 0.164. The van der Waals surface area contributed by atoms with Crippen LogP contribution in [0, 0.1) is 5.92 Å². The molecule has 12 heavy (non-hydrogen) atoms. The smallest absolute Gasteiger partial charge is 0.146 e. The van der Waals surface area contributed by atoms with Crippen LogP contribution in [0.3, 0.4) is 0 Å². The first-order valence-corrected chi connectivity index (χ1v) is 3.93. The van der Waals surface area contributed by atoms with E-state index in [0.717, 1.165) is 11.9 Å². The lowest BCUT2D eigenvalue weighted by Crippen LogP contribution is -2.30. The Morgan fingerprint density at radius 3 is 3.25 bits per heavy atom. The Kier molecular flexibility index (Phi) is 1.57. The van der Waals surface area contributed by atoms with Gasteiger partial charge in [0.15, 0.2) is 0 Å². The number of hydrazone groups is 1. The molecule has 0 saturated carbocycles. The van der Waals surface area contributed by atoms with Gasteiger partial charge in [0, 0.05) is 24.8 Å². The molecule has 0 saturated heterocycles. The zero-order valence-electron chi connectivity index (χ0n) is 6.84. The Balaban J connectivity index is 2.32. The maximum Gasteiger partial charge on any atom is 0.146 e. The average molecular weight is 162 g/mol. The third-order valence-electron chi connectivity index (χ3n) is 2.33. The molecule has 1 aliphatic carbocycles. The van der Waals surface area contributed by atoms with Crippen LogP contribution >= 0.6 is 0 Å². The Morgan fingerprint density at radius 1 is 1.67 bits per heavy atom. The first kappa shape index (κ1) is 7.28. The summed E-state index contributed by atoms with van der Waals surface area (Å²) in [6.45, 7) is 0. The van der Waals surface area contributed by atoms with Crippen LogP contribution in [0.25, 0.3) is 0 Å². The van der Waals surface area contributed by atoms with Gasteiger partial charge >= 0.3 is 0 Å². The first-order chi connectivity index (χ1) is 5.83. The lowest BCUT2D eigenvalue weighted by Gasteiger charge is -2.23. The van der Waals surface area contributed by atoms with Gasteiger partial charge < -0.3 is 0 Å². The summed E-state index contributed by atoms with van der Waals surface area (Å²) in [5.41, 5.74) is 0.815. The molecule has 0 aromatic heterocycles. The van der Waals surface area contributed by atoms with Crippen molar-refractivity contribution >= 4 is 12.5 Å². The van der Waals surface area contributed by atoms with Gasteiger partial charge in [-0.2, -0.15) is 5.10 Å². The van der Waals surface area contributed by atoms with Gasteiger partial charge in [0.05, 0.1) is 6.04 Å². The topological polar surface area (TPSA) is 32.7 Å². The third kappa shape index (κ3) is 0.897. The van der Waals surface area contributed by atoms with Gasteiger partial charge in [-0.25, -0.2) is 0 Å². The molecule has 2 unspecified atom stereocenters. The summed E-state index contributed by atoms with van der Waals surface area (Å²) in [6.07, 6.45) is 8.56. The second-order valence-corrected chi connectivity index (χ2v) is 3.02. The number of fused-ring (bicyclic) bond motifs is 1. The number of nitrogens with zero attached hydrogens (tertiary/aromatic N) is 2. The lowest BCUT2D eigenvalue weighted by atomic mass is 9.90. The van der Waals surface area contributed by atoms with Gasteiger partial charge in [-0.15, -0.1) is 0 Å². The minimum atomic E-state index is 0.164. The fourth-order valence-corrected chi connectivity index (χ4v) is 1.61. The lowest BCUT2D eigenvalue weighted by molar-refractivity contribution is -0.105. The second kappa shape index (κ2) is 2.59. The number of aldehydes is 1. The van der Waals surface area contributed by atoms with E-state index in [1.807, 2.05) is 30.4 Å². The molecule has 2 rings (SSSR count). The fourth-order valence-electron chi connectivity index (χ4n) is 1.61. The van der Waals surface area contributed by atoms with Crippen molar-refractivity contribution in [3.8, 4) is 0 Å². The van der Waals surface area contributed by atoms with Gasteiger partial charge in [0.1, 0.15) is 6.29 Å². The predicted octanol–water partition coefficient (Wildman–Crippen LogP) is 0.597. The molecule has 0 aromatic carbocycles. The highest BCUT2D eigenvalue weighted by Crippen LogP contribution is 2.25. The Morgan fingerprint density at radius 2 is 2.50 bits per heavy atom. The predicted molar refractivity (Wildman–Crippen MR) is 46.8 cm³/mol. The Labute approximate surface area is 71.1 Å². The molecule has 0 aromatic rings. The molecule has 0 amide bonds. The van der Waals surface area contributed by atoms with E-state index in [2.05, 4.69) is 11.2 Å². The van der Waals surface area contributed by atoms with Crippen molar-refractivity contribution in [2.45, 2.75) is 6.04 Å². The maximum atomic E-state index is 10.6. The van der Waals surface area contributed by atoms with Gasteiger partial charge in [0.2, 0.25) is 0 Å². The first-order valence-electron chi connectivity index (χ1n) is 3.93. The van der Waals surface area contributed by atoms with E-state index in [4.69, 9.17) is 0 Å². The molecular weight excluding hydrogens is 152 g/mol. The zero-order valence-corrected chi connectivity index (χ0v) is 6.84. The number of likely N-dealkylation sites (N-methyl/N-ethyl adjacent to an activating group) is 1. The van der Waals surface area contributed by atoms with E-state index in [-0.39, 0.29) is 12.0 Å². The van der Waals surface area contributed by atoms with E-state index in [1.165, 1.54) is 0 Å². The molecule has 2 aliphatic rings. The third-order valence-corrected chi connectivity index (χ3v) is 2.33. The van der Waals surface area contributed by atoms with E-state index in [0.29, 0.717) is 0 Å². The van der Waals surface area contributed by atoms with E-state index in [9.17, 15) is 4.79 Å². The van der Waals surface area contributed by atoms with Crippen LogP contribution in [0.4, 0.5) is 0 Å². The van der Waals surface area contributed by atoms with Crippen molar-refractivity contribution in [1.29, 1.82) is 0 Å². The molecule has 0 N–H and O–H groups in total. The molecule has 0 bridgehead atoms. The van der Waals surface area contributed by atoms with Crippen LogP contribution in [-0.4, -0.2) is 30.6 Å². The number of carbonyl (C=O) groups is 1. The summed E-state index contributed by atoms with van der Waals surface area (Å²) in [6, 6.07) is 0.246. The summed E-state index contributed by atoms with van der Waals surface area (Å²) in [4.78, 5) is 10.6. The molecule has 3 heteroatoms. The molecule has 62 valence electrons. The van der Waals surface area contributed by atoms with Crippen LogP contribution in [0.2, 0.25) is 0 Å². The van der Waals surface area contributed by atoms with Crippen molar-refractivity contribution in [1.82, 2.24) is 5.01 Å². The summed E-state index contributed by atoms with van der Waals surface area (Å²) in [7, 11) is 1.92. The molecule has 0 fully saturated rings. The number of rotatable bonds is 1. The van der Waals surface area contributed by atoms with Gasteiger partial charge in [0.25, 0.3) is 0 Å². The van der Waals surface area contributed by atoms with Crippen LogP contribution in [0.15, 0.2) is 28.9 Å². The van der Waals surface area contributed by atoms with Gasteiger partial charge in [-0.1, -0.05) is 18.2 Å². The van der Waals surface area contributed by atoms with E-state index >= 15 is 0 Å². The standard InChI is InChI=1S/C9H10N2O/c1-11-9-4-2-3-7(6-12)8(9)5-10-11/h2-6,8-9H,1H3. The number of carbonyl (C=O) groups excluding carboxylic acids is 1. The molecular formula is C9H10N2O. The van der Waals surface area contributed by atoms with Crippen molar-refractivity contribution in [2.24, 2.45) is 11.0 Å². The SMILES string of the molecule is CN1N=CC2C(C=O)=CC=CC21. The molecule has 3 nitrogen and oxygen atoms in total. The summed E-state index contributed by atoms with van der Waals surface area (Å²) >= 11 is 0. The van der Waals surface area contributed by atoms with Crippen LogP contribution in [0.1, 0.15) is 0 Å². The van der Waals surface area contributed by atoms with Crippen LogP contribution in [-0.2, 0) is 4.79 Å². The number of hydrogen-bond acceptors (Lipinski definition) is 3. The van der Waals surface area contributed by atoms with Crippen LogP contribution in [0.5, 0.6) is 0 Å². The fraction of sp³-hybridized carbons (Fsp3) is 0.333. The van der Waals surface area contributed by atoms with Crippen LogP contribution < -0.4 is 0 Å². The highest BCUT2D eigenvalue weighted by atomic mass is 16.1. The molecule has 2 atom stereocenters. The van der Waals surface area contributed by atoms with Crippen molar-refractivity contribution < 1.29 is 4.79 Å². The number of allylic oxidation sites excluding steroid dienone is 2. The average Bonchev–Trinajstić information content (AvgIpc) is 2.48. The Bertz CT molecular complexity index is 291. The highest BCUT2D eigenvalue weighted by molar-refractivity contribution is 5.85. The second-order valence-electron chi connectivity index (χ2n) is 3.02.